The zero-order valence-electron chi connectivity index (χ0n) is 16.3. The zero-order chi connectivity index (χ0) is 20.1. The van der Waals surface area contributed by atoms with E-state index in [1.165, 1.54) is 16.0 Å². The van der Waals surface area contributed by atoms with Crippen molar-refractivity contribution in [2.45, 2.75) is 44.5 Å². The molecule has 0 saturated heterocycles. The number of carbonyl (C=O) groups is 1. The van der Waals surface area contributed by atoms with Crippen LogP contribution in [0.5, 0.6) is 0 Å². The van der Waals surface area contributed by atoms with E-state index in [2.05, 4.69) is 57.1 Å². The first kappa shape index (κ1) is 18.2. The summed E-state index contributed by atoms with van der Waals surface area (Å²) in [6.45, 7) is 4.15. The smallest absolute Gasteiger partial charge is 0.251 e. The van der Waals surface area contributed by atoms with Crippen molar-refractivity contribution in [3.63, 3.8) is 0 Å². The van der Waals surface area contributed by atoms with Gasteiger partial charge in [0.05, 0.1) is 23.3 Å². The van der Waals surface area contributed by atoms with Crippen molar-refractivity contribution in [1.29, 1.82) is 0 Å². The van der Waals surface area contributed by atoms with E-state index in [1.54, 1.807) is 24.3 Å². The molecule has 2 unspecified atom stereocenters. The highest BCUT2D eigenvalue weighted by Gasteiger charge is 2.39. The highest BCUT2D eigenvalue weighted by Crippen LogP contribution is 2.47. The average molecular weight is 407 g/mol. The summed E-state index contributed by atoms with van der Waals surface area (Å²) in [5, 5.41) is 7.58. The Bertz CT molecular complexity index is 1150. The number of aryl methyl sites for hydroxylation is 1. The minimum absolute atomic E-state index is 0.162. The van der Waals surface area contributed by atoms with Crippen LogP contribution < -0.4 is 5.73 Å². The molecule has 2 aliphatic rings. The minimum Gasteiger partial charge on any atom is -0.367 e. The van der Waals surface area contributed by atoms with E-state index in [0.29, 0.717) is 0 Å². The Morgan fingerprint density at radius 3 is 3.00 bits per heavy atom. The second-order valence-electron chi connectivity index (χ2n) is 7.60. The maximum atomic E-state index is 12.1. The summed E-state index contributed by atoms with van der Waals surface area (Å²) in [7, 11) is 0. The molecule has 0 spiro atoms. The number of rotatable bonds is 3. The van der Waals surface area contributed by atoms with Gasteiger partial charge in [-0.05, 0) is 50.3 Å². The summed E-state index contributed by atoms with van der Waals surface area (Å²) in [5.74, 6) is -0.279. The normalized spacial score (nSPS) is 21.7. The van der Waals surface area contributed by atoms with Crippen molar-refractivity contribution in [3.8, 4) is 11.3 Å². The van der Waals surface area contributed by atoms with Crippen LogP contribution in [0.25, 0.3) is 22.3 Å². The number of nitrogens with one attached hydrogen (secondary N) is 1. The topological polar surface area (TPSA) is 101 Å². The summed E-state index contributed by atoms with van der Waals surface area (Å²) >= 11 is 1.56. The first-order chi connectivity index (χ1) is 14.0. The molecular weight excluding hydrogens is 384 g/mol. The van der Waals surface area contributed by atoms with Gasteiger partial charge in [0, 0.05) is 16.2 Å². The number of hydrogen-bond donors (Lipinski definition) is 2. The van der Waals surface area contributed by atoms with Gasteiger partial charge in [0.25, 0.3) is 5.91 Å². The Labute approximate surface area is 172 Å². The lowest BCUT2D eigenvalue weighted by Crippen LogP contribution is -2.41. The fourth-order valence-electron chi connectivity index (χ4n) is 4.48. The molecule has 0 radical (unpaired) electrons. The number of carbonyl (C=O) groups excluding carboxylic acids is 1. The van der Waals surface area contributed by atoms with Crippen LogP contribution in [0.1, 0.15) is 43.9 Å². The Balaban J connectivity index is 1.57. The standard InChI is InChI=1S/C21H22N6OS/c1-11-12(2)29-21(19(22)28)27(11)17-5-3-4-13-8-14(6-7-15(13)17)18-16-9-25-26-20(16)24-10-23-18/h6-10,17,21H,3-5H2,1-2H3,(H2,22,28)(H,23,24,25,26). The van der Waals surface area contributed by atoms with E-state index in [9.17, 15) is 4.79 Å². The zero-order valence-corrected chi connectivity index (χ0v) is 17.2. The van der Waals surface area contributed by atoms with E-state index in [-0.39, 0.29) is 17.3 Å². The lowest BCUT2D eigenvalue weighted by molar-refractivity contribution is -0.120. The number of fused-ring (bicyclic) bond motifs is 2. The minimum atomic E-state index is -0.335. The molecule has 3 aromatic rings. The molecule has 1 aromatic carbocycles. The Morgan fingerprint density at radius 1 is 1.31 bits per heavy atom. The van der Waals surface area contributed by atoms with Crippen LogP contribution in [0, 0.1) is 0 Å². The van der Waals surface area contributed by atoms with Gasteiger partial charge in [0.1, 0.15) is 6.33 Å². The molecule has 3 N–H and O–H groups in total. The van der Waals surface area contributed by atoms with Crippen molar-refractivity contribution in [2.75, 3.05) is 0 Å². The summed E-state index contributed by atoms with van der Waals surface area (Å²) in [6.07, 6.45) is 6.44. The number of hydrogen-bond acceptors (Lipinski definition) is 6. The molecule has 7 nitrogen and oxygen atoms in total. The molecule has 3 heterocycles. The molecule has 1 amide bonds. The second-order valence-corrected chi connectivity index (χ2v) is 8.89. The highest BCUT2D eigenvalue weighted by molar-refractivity contribution is 8.04. The van der Waals surface area contributed by atoms with E-state index in [0.717, 1.165) is 47.3 Å². The second kappa shape index (κ2) is 6.88. The van der Waals surface area contributed by atoms with Gasteiger partial charge in [0.15, 0.2) is 11.0 Å². The first-order valence-corrected chi connectivity index (χ1v) is 10.6. The van der Waals surface area contributed by atoms with Gasteiger partial charge in [-0.2, -0.15) is 5.10 Å². The van der Waals surface area contributed by atoms with Gasteiger partial charge in [-0.25, -0.2) is 9.97 Å². The van der Waals surface area contributed by atoms with Crippen LogP contribution in [-0.2, 0) is 11.2 Å². The van der Waals surface area contributed by atoms with E-state index < -0.39 is 0 Å². The van der Waals surface area contributed by atoms with Crippen LogP contribution in [0.3, 0.4) is 0 Å². The van der Waals surface area contributed by atoms with E-state index >= 15 is 0 Å². The molecule has 0 fully saturated rings. The number of thioether (sulfide) groups is 1. The van der Waals surface area contributed by atoms with Crippen LogP contribution in [-0.4, -0.2) is 36.3 Å². The highest BCUT2D eigenvalue weighted by atomic mass is 32.2. The monoisotopic (exact) mass is 406 g/mol. The summed E-state index contributed by atoms with van der Waals surface area (Å²) in [5.41, 5.74) is 12.1. The van der Waals surface area contributed by atoms with Crippen molar-refractivity contribution in [2.24, 2.45) is 5.73 Å². The summed E-state index contributed by atoms with van der Waals surface area (Å²) < 4.78 is 0. The predicted molar refractivity (Wildman–Crippen MR) is 114 cm³/mol. The van der Waals surface area contributed by atoms with Gasteiger partial charge in [-0.15, -0.1) is 0 Å². The fraction of sp³-hybridized carbons (Fsp3) is 0.333. The Kier molecular flexibility index (Phi) is 4.31. The lowest BCUT2D eigenvalue weighted by Gasteiger charge is -2.38. The molecule has 0 bridgehead atoms. The Morgan fingerprint density at radius 2 is 2.17 bits per heavy atom. The molecule has 1 aliphatic carbocycles. The Hall–Kier alpha value is -2.87. The summed E-state index contributed by atoms with van der Waals surface area (Å²) in [4.78, 5) is 24.2. The molecule has 0 saturated carbocycles. The SMILES string of the molecule is CC1=C(C)N(C2CCCc3cc(-c4ncnc5[nH]ncc45)ccc32)C(C(N)=O)S1. The van der Waals surface area contributed by atoms with E-state index in [1.807, 2.05) is 0 Å². The van der Waals surface area contributed by atoms with Crippen LogP contribution in [0.15, 0.2) is 41.3 Å². The van der Waals surface area contributed by atoms with Crippen molar-refractivity contribution in [3.05, 3.63) is 52.5 Å². The van der Waals surface area contributed by atoms with Crippen LogP contribution in [0.2, 0.25) is 0 Å². The molecular formula is C21H22N6OS. The molecule has 1 aliphatic heterocycles. The lowest BCUT2D eigenvalue weighted by atomic mass is 9.85. The third-order valence-electron chi connectivity index (χ3n) is 5.96. The molecule has 2 aromatic heterocycles. The third-order valence-corrected chi connectivity index (χ3v) is 7.30. The number of benzene rings is 1. The largest absolute Gasteiger partial charge is 0.367 e. The van der Waals surface area contributed by atoms with Crippen molar-refractivity contribution >= 4 is 28.7 Å². The van der Waals surface area contributed by atoms with Crippen molar-refractivity contribution < 1.29 is 4.79 Å². The number of aromatic amines is 1. The van der Waals surface area contributed by atoms with Crippen LogP contribution in [0.4, 0.5) is 0 Å². The van der Waals surface area contributed by atoms with Gasteiger partial charge < -0.3 is 10.6 Å². The number of allylic oxidation sites excluding steroid dienone is 2. The van der Waals surface area contributed by atoms with Crippen LogP contribution >= 0.6 is 11.8 Å². The molecule has 148 valence electrons. The maximum Gasteiger partial charge on any atom is 0.251 e. The molecule has 29 heavy (non-hydrogen) atoms. The fourth-order valence-corrected chi connectivity index (χ4v) is 5.63. The number of aromatic nitrogens is 4. The number of nitrogens with two attached hydrogens (primary N) is 1. The predicted octanol–water partition coefficient (Wildman–Crippen LogP) is 3.51. The van der Waals surface area contributed by atoms with Gasteiger partial charge in [-0.3, -0.25) is 9.89 Å². The quantitative estimate of drug-likeness (QED) is 0.690. The number of primary amides is 1. The van der Waals surface area contributed by atoms with Crippen molar-refractivity contribution in [1.82, 2.24) is 25.1 Å². The first-order valence-electron chi connectivity index (χ1n) is 9.73. The average Bonchev–Trinajstić information content (AvgIpc) is 3.32. The molecule has 5 rings (SSSR count). The number of amides is 1. The number of nitrogens with zero attached hydrogens (tertiary/aromatic N) is 4. The van der Waals surface area contributed by atoms with Gasteiger partial charge in [-0.1, -0.05) is 23.9 Å². The number of H-pyrrole nitrogens is 1. The molecule has 8 heteroatoms. The van der Waals surface area contributed by atoms with Gasteiger partial charge in [0.2, 0.25) is 0 Å². The van der Waals surface area contributed by atoms with E-state index in [4.69, 9.17) is 5.73 Å². The maximum absolute atomic E-state index is 12.1. The van der Waals surface area contributed by atoms with Gasteiger partial charge >= 0.3 is 0 Å². The molecule has 2 atom stereocenters. The third kappa shape index (κ3) is 2.90. The summed E-state index contributed by atoms with van der Waals surface area (Å²) in [6, 6.07) is 6.69.